The molecule has 0 unspecified atom stereocenters. The van der Waals surface area contributed by atoms with Gasteiger partial charge in [-0.15, -0.1) is 0 Å². The van der Waals surface area contributed by atoms with E-state index in [2.05, 4.69) is 0 Å². The van der Waals surface area contributed by atoms with E-state index in [9.17, 15) is 0 Å². The largest absolute Gasteiger partial charge is 1.00 e. The Labute approximate surface area is 114 Å². The van der Waals surface area contributed by atoms with Gasteiger partial charge in [-0.3, -0.25) is 9.11 Å². The molecule has 0 rings (SSSR count). The second-order valence-corrected chi connectivity index (χ2v) is 1.34. The molecule has 2 N–H and O–H groups in total. The topological polar surface area (TPSA) is 74.6 Å². The Hall–Kier alpha value is 2.60. The third-order valence-corrected chi connectivity index (χ3v) is 0. The Morgan fingerprint density at radius 3 is 1.25 bits per heavy atom. The Balaban J connectivity index is -0.0000000133. The van der Waals surface area contributed by atoms with Crippen LogP contribution in [0.4, 0.5) is 0 Å². The fourth-order valence-electron chi connectivity index (χ4n) is 0. The van der Waals surface area contributed by atoms with Gasteiger partial charge in [0, 0.05) is 22.4 Å². The maximum Gasteiger partial charge on any atom is 1.00 e. The van der Waals surface area contributed by atoms with Crippen LogP contribution < -0.4 is 51.4 Å². The van der Waals surface area contributed by atoms with Crippen molar-refractivity contribution in [2.24, 2.45) is 0 Å². The summed E-state index contributed by atoms with van der Waals surface area (Å²) in [6.07, 6.45) is 0. The molecule has 0 heterocycles. The Morgan fingerprint density at radius 2 is 1.25 bits per heavy atom. The van der Waals surface area contributed by atoms with Gasteiger partial charge in [-0.1, -0.05) is 0 Å². The Kier molecular flexibility index (Phi) is 26.9. The summed E-state index contributed by atoms with van der Waals surface area (Å²) in [5.74, 6) is 0. The predicted octanol–water partition coefficient (Wildman–Crippen LogP) is -3.43. The Bertz CT molecular complexity index is 102. The zero-order chi connectivity index (χ0) is 4.50. The zero-order valence-electron chi connectivity index (χ0n) is 4.92. The molecule has 0 aromatic rings. The van der Waals surface area contributed by atoms with Crippen molar-refractivity contribution in [1.29, 1.82) is 0 Å². The van der Waals surface area contributed by atoms with Crippen molar-refractivity contribution in [3.63, 3.8) is 0 Å². The molecule has 0 spiro atoms. The fourth-order valence-corrected chi connectivity index (χ4v) is 0. The van der Waals surface area contributed by atoms with Gasteiger partial charge in [0.1, 0.15) is 0 Å². The summed E-state index contributed by atoms with van der Waals surface area (Å²) in [7, 11) is -4.67. The molecule has 8 heteroatoms. The maximum absolute atomic E-state index is 8.74. The second-order valence-electron chi connectivity index (χ2n) is 0.448. The van der Waals surface area contributed by atoms with Crippen molar-refractivity contribution in [3.8, 4) is 0 Å². The van der Waals surface area contributed by atoms with Crippen LogP contribution >= 0.6 is 13.5 Å². The quantitative estimate of drug-likeness (QED) is 0.358. The van der Waals surface area contributed by atoms with E-state index in [4.69, 9.17) is 17.5 Å². The molecular weight excluding hydrogens is 275 g/mol. The number of rotatable bonds is 0. The van der Waals surface area contributed by atoms with Crippen LogP contribution in [0.15, 0.2) is 0 Å². The van der Waals surface area contributed by atoms with Gasteiger partial charge < -0.3 is 1.43 Å². The van der Waals surface area contributed by atoms with Crippen molar-refractivity contribution >= 4 is 23.9 Å². The fraction of sp³-hybridized carbons (Fsp3) is 0. The first-order chi connectivity index (χ1) is 2.00. The molecule has 0 fully saturated rings. The summed E-state index contributed by atoms with van der Waals surface area (Å²) in [4.78, 5) is 0. The summed E-state index contributed by atoms with van der Waals surface area (Å²) in [6.45, 7) is 0. The van der Waals surface area contributed by atoms with E-state index in [0.717, 1.165) is 0 Å². The molecule has 1 radical (unpaired) electrons. The van der Waals surface area contributed by atoms with Crippen molar-refractivity contribution in [1.82, 2.24) is 0 Å². The van der Waals surface area contributed by atoms with Gasteiger partial charge in [-0.05, 0) is 0 Å². The van der Waals surface area contributed by atoms with E-state index in [0.29, 0.717) is 0 Å². The summed E-state index contributed by atoms with van der Waals surface area (Å²) in [6, 6.07) is 0. The number of hydrogen-bond acceptors (Lipinski definition) is 2. The first-order valence-corrected chi connectivity index (χ1v) is 2.10. The van der Waals surface area contributed by atoms with Crippen LogP contribution in [0.5, 0.6) is 0 Å². The maximum atomic E-state index is 8.74. The van der Waals surface area contributed by atoms with Gasteiger partial charge in [0.2, 0.25) is 0 Å². The van der Waals surface area contributed by atoms with Crippen LogP contribution in [0.25, 0.3) is 0 Å². The Morgan fingerprint density at radius 1 is 1.25 bits per heavy atom. The SMILES string of the molecule is O=S(=O)(O)O.S.[Ag].[H-].[K+]. The molecule has 53 valence electrons. The molecule has 0 aliphatic rings. The van der Waals surface area contributed by atoms with E-state index in [-0.39, 0.29) is 88.7 Å². The van der Waals surface area contributed by atoms with Gasteiger partial charge in [0.25, 0.3) is 0 Å². The minimum atomic E-state index is -4.67. The van der Waals surface area contributed by atoms with Gasteiger partial charge in [-0.2, -0.15) is 21.9 Å². The van der Waals surface area contributed by atoms with Gasteiger partial charge in [-0.25, -0.2) is 0 Å². The third kappa shape index (κ3) is 73.6. The van der Waals surface area contributed by atoms with Crippen LogP contribution in [-0.4, -0.2) is 17.5 Å². The zero-order valence-corrected chi connectivity index (χ0v) is 10.3. The van der Waals surface area contributed by atoms with Crippen LogP contribution in [0.1, 0.15) is 1.43 Å². The van der Waals surface area contributed by atoms with Crippen molar-refractivity contribution in [2.75, 3.05) is 0 Å². The summed E-state index contributed by atoms with van der Waals surface area (Å²) in [5, 5.41) is 0. The molecule has 0 aromatic heterocycles. The van der Waals surface area contributed by atoms with Crippen LogP contribution in [0.2, 0.25) is 0 Å². The molecule has 4 nitrogen and oxygen atoms in total. The van der Waals surface area contributed by atoms with E-state index >= 15 is 0 Å². The van der Waals surface area contributed by atoms with E-state index in [1.54, 1.807) is 0 Å². The molecule has 0 atom stereocenters. The predicted molar refractivity (Wildman–Crippen MR) is 25.7 cm³/mol. The smallest absolute Gasteiger partial charge is 1.00 e. The summed E-state index contributed by atoms with van der Waals surface area (Å²) < 4.78 is 31.6. The molecule has 0 aliphatic carbocycles. The van der Waals surface area contributed by atoms with Gasteiger partial charge >= 0.3 is 61.8 Å². The monoisotopic (exact) mass is 279 g/mol. The summed E-state index contributed by atoms with van der Waals surface area (Å²) in [5.41, 5.74) is 0. The van der Waals surface area contributed by atoms with Crippen LogP contribution in [-0.2, 0) is 32.8 Å². The summed E-state index contributed by atoms with van der Waals surface area (Å²) >= 11 is 0. The normalized spacial score (nSPS) is 7.25. The van der Waals surface area contributed by atoms with E-state index < -0.39 is 10.4 Å². The second kappa shape index (κ2) is 9.60. The minimum absolute atomic E-state index is 0. The van der Waals surface area contributed by atoms with E-state index in [1.807, 2.05) is 0 Å². The standard InChI is InChI=1S/Ag.K.H2O4S.H2S.H/c;;1-5(2,3)4;;/h;;(H2,1,2,3,4);1H2;/q;+1;;;-1. The van der Waals surface area contributed by atoms with Crippen molar-refractivity contribution in [2.45, 2.75) is 0 Å². The third-order valence-electron chi connectivity index (χ3n) is 0. The average Bonchev–Trinajstić information content (AvgIpc) is 0.722. The van der Waals surface area contributed by atoms with Crippen molar-refractivity contribution < 1.29 is 92.7 Å². The molecule has 0 aromatic carbocycles. The molecule has 0 saturated heterocycles. The van der Waals surface area contributed by atoms with Crippen molar-refractivity contribution in [3.05, 3.63) is 0 Å². The van der Waals surface area contributed by atoms with Crippen LogP contribution in [0.3, 0.4) is 0 Å². The van der Waals surface area contributed by atoms with Gasteiger partial charge in [0.15, 0.2) is 0 Å². The molecular formula is H5AgKO4S2. The molecule has 8 heavy (non-hydrogen) atoms. The minimum Gasteiger partial charge on any atom is -1.00 e. The molecule has 0 saturated carbocycles. The number of hydrogen-bond donors (Lipinski definition) is 2. The average molecular weight is 280 g/mol. The first kappa shape index (κ1) is 22.4. The van der Waals surface area contributed by atoms with Gasteiger partial charge in [0.05, 0.1) is 0 Å². The molecule has 0 bridgehead atoms. The molecule has 0 aliphatic heterocycles. The molecule has 0 amide bonds. The first-order valence-electron chi connectivity index (χ1n) is 0.698. The van der Waals surface area contributed by atoms with E-state index in [1.165, 1.54) is 0 Å². The van der Waals surface area contributed by atoms with Crippen LogP contribution in [0, 0.1) is 0 Å².